The van der Waals surface area contributed by atoms with E-state index >= 15 is 0 Å². The van der Waals surface area contributed by atoms with Crippen LogP contribution in [0.4, 0.5) is 0 Å². The Morgan fingerprint density at radius 3 is 0.699 bits per heavy atom. The molecule has 0 aromatic heterocycles. The maximum atomic E-state index is 13.0. The molecule has 488 valence electrons. The van der Waals surface area contributed by atoms with Crippen molar-refractivity contribution in [3.63, 3.8) is 0 Å². The van der Waals surface area contributed by atoms with E-state index in [1.165, 1.54) is 308 Å². The summed E-state index contributed by atoms with van der Waals surface area (Å²) < 4.78 is 17.0. The van der Waals surface area contributed by atoms with Crippen molar-refractivity contribution in [1.29, 1.82) is 0 Å². The van der Waals surface area contributed by atoms with Gasteiger partial charge < -0.3 is 14.2 Å². The first-order valence-electron chi connectivity index (χ1n) is 37.5. The first-order valence-corrected chi connectivity index (χ1v) is 37.5. The summed E-state index contributed by atoms with van der Waals surface area (Å²) in [6.45, 7) is 6.69. The molecule has 83 heavy (non-hydrogen) atoms. The first kappa shape index (κ1) is 80.6. The lowest BCUT2D eigenvalue weighted by Crippen LogP contribution is -2.30. The predicted molar refractivity (Wildman–Crippen MR) is 362 cm³/mol. The molecule has 6 heteroatoms. The molecule has 0 saturated carbocycles. The Morgan fingerprint density at radius 2 is 0.434 bits per heavy atom. The van der Waals surface area contributed by atoms with E-state index in [0.717, 1.165) is 70.6 Å². The normalized spacial score (nSPS) is 12.2. The van der Waals surface area contributed by atoms with E-state index in [-0.39, 0.29) is 31.1 Å². The molecule has 1 atom stereocenters. The van der Waals surface area contributed by atoms with E-state index in [9.17, 15) is 14.4 Å². The zero-order valence-electron chi connectivity index (χ0n) is 56.2. The SMILES string of the molecule is CCCCC/C=C\C/C=C\CCCCCCCCCC(=O)OC(COC(=O)CCCCCCCCCCCCCCCCCCC)COC(=O)CCCCCCCCCCCCCCCCCCCCC/C=C\CCCCCCCCCC. The van der Waals surface area contributed by atoms with Crippen LogP contribution in [0.25, 0.3) is 0 Å². The van der Waals surface area contributed by atoms with Gasteiger partial charge in [0.05, 0.1) is 0 Å². The number of unbranched alkanes of at least 4 members (excludes halogenated alkanes) is 53. The van der Waals surface area contributed by atoms with E-state index in [1.807, 2.05) is 0 Å². The minimum Gasteiger partial charge on any atom is -0.462 e. The number of ether oxygens (including phenoxy) is 3. The molecule has 0 bridgehead atoms. The van der Waals surface area contributed by atoms with Gasteiger partial charge in [-0.3, -0.25) is 14.4 Å². The van der Waals surface area contributed by atoms with Crippen LogP contribution >= 0.6 is 0 Å². The van der Waals surface area contributed by atoms with Gasteiger partial charge in [-0.1, -0.05) is 359 Å². The van der Waals surface area contributed by atoms with Crippen LogP contribution in [0.3, 0.4) is 0 Å². The number of rotatable bonds is 70. The van der Waals surface area contributed by atoms with E-state index < -0.39 is 6.10 Å². The average molecular weight is 1170 g/mol. The Labute approximate surface area is 518 Å². The van der Waals surface area contributed by atoms with Crippen molar-refractivity contribution >= 4 is 17.9 Å². The first-order chi connectivity index (χ1) is 41.0. The average Bonchev–Trinajstić information content (AvgIpc) is 3.50. The van der Waals surface area contributed by atoms with Crippen molar-refractivity contribution < 1.29 is 28.6 Å². The highest BCUT2D eigenvalue weighted by Gasteiger charge is 2.20. The molecule has 0 N–H and O–H groups in total. The molecule has 1 unspecified atom stereocenters. The van der Waals surface area contributed by atoms with Gasteiger partial charge >= 0.3 is 17.9 Å². The molecule has 0 saturated heterocycles. The fourth-order valence-electron chi connectivity index (χ4n) is 11.5. The molecular weight excluding hydrogens is 1020 g/mol. The van der Waals surface area contributed by atoms with E-state index in [4.69, 9.17) is 14.2 Å². The lowest BCUT2D eigenvalue weighted by molar-refractivity contribution is -0.167. The molecule has 0 rings (SSSR count). The summed E-state index contributed by atoms with van der Waals surface area (Å²) in [6.07, 6.45) is 90.5. The number of allylic oxidation sites excluding steroid dienone is 6. The van der Waals surface area contributed by atoms with E-state index in [0.29, 0.717) is 19.3 Å². The van der Waals surface area contributed by atoms with Crippen LogP contribution in [0.2, 0.25) is 0 Å². The molecule has 0 aliphatic heterocycles. The van der Waals surface area contributed by atoms with Crippen LogP contribution in [0.5, 0.6) is 0 Å². The van der Waals surface area contributed by atoms with Crippen LogP contribution in [0, 0.1) is 0 Å². The molecule has 6 nitrogen and oxygen atoms in total. The molecular formula is C77H144O6. The Balaban J connectivity index is 4.18. The van der Waals surface area contributed by atoms with Gasteiger partial charge in [0, 0.05) is 19.3 Å². The fraction of sp³-hybridized carbons (Fsp3) is 0.883. The Morgan fingerprint density at radius 1 is 0.241 bits per heavy atom. The monoisotopic (exact) mass is 1170 g/mol. The second-order valence-corrected chi connectivity index (χ2v) is 25.6. The summed E-state index contributed by atoms with van der Waals surface area (Å²) in [6, 6.07) is 0. The van der Waals surface area contributed by atoms with Crippen LogP contribution in [0.15, 0.2) is 36.5 Å². The fourth-order valence-corrected chi connectivity index (χ4v) is 11.5. The maximum Gasteiger partial charge on any atom is 0.306 e. The summed E-state index contributed by atoms with van der Waals surface area (Å²) in [7, 11) is 0. The molecule has 0 radical (unpaired) electrons. The van der Waals surface area contributed by atoms with Gasteiger partial charge in [-0.2, -0.15) is 0 Å². The molecule has 0 aromatic rings. The zero-order valence-corrected chi connectivity index (χ0v) is 56.2. The van der Waals surface area contributed by atoms with Crippen molar-refractivity contribution in [1.82, 2.24) is 0 Å². The summed E-state index contributed by atoms with van der Waals surface area (Å²) in [5.74, 6) is -0.844. The number of esters is 3. The summed E-state index contributed by atoms with van der Waals surface area (Å²) >= 11 is 0. The molecule has 0 amide bonds. The highest BCUT2D eigenvalue weighted by Crippen LogP contribution is 2.19. The maximum absolute atomic E-state index is 13.0. The van der Waals surface area contributed by atoms with Gasteiger partial charge in [-0.25, -0.2) is 0 Å². The Bertz CT molecular complexity index is 1380. The molecule has 0 aliphatic carbocycles. The largest absolute Gasteiger partial charge is 0.462 e. The van der Waals surface area contributed by atoms with Crippen molar-refractivity contribution in [2.75, 3.05) is 13.2 Å². The van der Waals surface area contributed by atoms with Crippen LogP contribution in [-0.4, -0.2) is 37.2 Å². The van der Waals surface area contributed by atoms with Crippen molar-refractivity contribution in [2.45, 2.75) is 425 Å². The standard InChI is InChI=1S/C77H144O6/c1-4-7-10-13-16-19-22-25-28-31-32-33-34-35-36-37-38-39-40-41-42-43-44-47-49-52-55-58-61-64-67-70-76(79)82-73-74(83-77(80)71-68-65-62-59-56-53-50-46-30-27-24-21-18-15-12-9-6-3)72-81-75(78)69-66-63-60-57-54-51-48-45-29-26-23-20-17-14-11-8-5-2/h18,21,27,30-32,74H,4-17,19-20,22-26,28-29,33-73H2,1-3H3/b21-18-,30-27-,32-31-. The topological polar surface area (TPSA) is 78.9 Å². The third-order valence-electron chi connectivity index (χ3n) is 17.1. The summed E-state index contributed by atoms with van der Waals surface area (Å²) in [4.78, 5) is 38.5. The van der Waals surface area contributed by atoms with Gasteiger partial charge in [0.2, 0.25) is 0 Å². The quantitative estimate of drug-likeness (QED) is 0.0261. The number of hydrogen-bond acceptors (Lipinski definition) is 6. The molecule has 0 aromatic carbocycles. The predicted octanol–water partition coefficient (Wildman–Crippen LogP) is 25.9. The van der Waals surface area contributed by atoms with Gasteiger partial charge in [-0.05, 0) is 77.0 Å². The summed E-state index contributed by atoms with van der Waals surface area (Å²) in [5.41, 5.74) is 0. The van der Waals surface area contributed by atoms with Crippen molar-refractivity contribution in [2.24, 2.45) is 0 Å². The Hall–Kier alpha value is -2.37. The minimum atomic E-state index is -0.774. The lowest BCUT2D eigenvalue weighted by atomic mass is 10.0. The van der Waals surface area contributed by atoms with Gasteiger partial charge in [-0.15, -0.1) is 0 Å². The highest BCUT2D eigenvalue weighted by molar-refractivity contribution is 5.71. The molecule has 0 spiro atoms. The van der Waals surface area contributed by atoms with Crippen LogP contribution in [0.1, 0.15) is 419 Å². The van der Waals surface area contributed by atoms with Gasteiger partial charge in [0.15, 0.2) is 6.10 Å². The summed E-state index contributed by atoms with van der Waals surface area (Å²) in [5, 5.41) is 0. The van der Waals surface area contributed by atoms with Crippen LogP contribution < -0.4 is 0 Å². The third kappa shape index (κ3) is 70.3. The van der Waals surface area contributed by atoms with Crippen molar-refractivity contribution in [3.8, 4) is 0 Å². The molecule has 0 fully saturated rings. The second kappa shape index (κ2) is 72.1. The minimum absolute atomic E-state index is 0.0694. The van der Waals surface area contributed by atoms with Gasteiger partial charge in [0.25, 0.3) is 0 Å². The van der Waals surface area contributed by atoms with Gasteiger partial charge in [0.1, 0.15) is 13.2 Å². The number of hydrogen-bond donors (Lipinski definition) is 0. The Kier molecular flexibility index (Phi) is 70.0. The van der Waals surface area contributed by atoms with Crippen LogP contribution in [-0.2, 0) is 28.6 Å². The smallest absolute Gasteiger partial charge is 0.306 e. The molecule has 0 aliphatic rings. The number of carbonyl (C=O) groups is 3. The highest BCUT2D eigenvalue weighted by atomic mass is 16.6. The number of carbonyl (C=O) groups excluding carboxylic acids is 3. The third-order valence-corrected chi connectivity index (χ3v) is 17.1. The van der Waals surface area contributed by atoms with E-state index in [1.54, 1.807) is 0 Å². The van der Waals surface area contributed by atoms with Crippen molar-refractivity contribution in [3.05, 3.63) is 36.5 Å². The van der Waals surface area contributed by atoms with E-state index in [2.05, 4.69) is 57.2 Å². The second-order valence-electron chi connectivity index (χ2n) is 25.6. The molecule has 0 heterocycles. The lowest BCUT2D eigenvalue weighted by Gasteiger charge is -2.18. The zero-order chi connectivity index (χ0) is 59.9.